The van der Waals surface area contributed by atoms with E-state index in [9.17, 15) is 19.2 Å². The molecule has 1 unspecified atom stereocenters. The van der Waals surface area contributed by atoms with Gasteiger partial charge in [0.05, 0.1) is 23.2 Å². The Morgan fingerprint density at radius 3 is 2.52 bits per heavy atom. The maximum atomic E-state index is 12.4. The number of amides is 3. The van der Waals surface area contributed by atoms with E-state index in [1.807, 2.05) is 31.2 Å². The molecule has 174 valence electrons. The van der Waals surface area contributed by atoms with Crippen LogP contribution in [0.2, 0.25) is 5.02 Å². The van der Waals surface area contributed by atoms with Crippen molar-refractivity contribution in [3.8, 4) is 0 Å². The highest BCUT2D eigenvalue weighted by Crippen LogP contribution is 2.26. The number of anilines is 2. The van der Waals surface area contributed by atoms with Gasteiger partial charge in [0.2, 0.25) is 11.8 Å². The van der Waals surface area contributed by atoms with Crippen LogP contribution in [-0.4, -0.2) is 55.3 Å². The Morgan fingerprint density at radius 1 is 1.15 bits per heavy atom. The standard InChI is InChI=1S/C24H26ClN3O5/c1-3-16-8-10-18(11-9-16)28-13-17(12-22(28)30)24(32)33-15-23(31)27(2)14-21(29)26-20-7-5-4-6-19(20)25/h4-11,17H,3,12-15H2,1-2H3,(H,26,29). The van der Waals surface area contributed by atoms with E-state index in [-0.39, 0.29) is 25.4 Å². The van der Waals surface area contributed by atoms with Crippen molar-refractivity contribution in [3.05, 3.63) is 59.1 Å². The Morgan fingerprint density at radius 2 is 1.85 bits per heavy atom. The van der Waals surface area contributed by atoms with E-state index in [1.165, 1.54) is 7.05 Å². The topological polar surface area (TPSA) is 96.0 Å². The number of carbonyl (C=O) groups is 4. The lowest BCUT2D eigenvalue weighted by molar-refractivity contribution is -0.155. The molecule has 1 aliphatic rings. The van der Waals surface area contributed by atoms with Crippen molar-refractivity contribution in [1.82, 2.24) is 4.90 Å². The average Bonchev–Trinajstić information content (AvgIpc) is 3.20. The van der Waals surface area contributed by atoms with Gasteiger partial charge in [0, 0.05) is 25.7 Å². The number of halogens is 1. The third-order valence-corrected chi connectivity index (χ3v) is 5.74. The Balaban J connectivity index is 1.46. The molecule has 1 fully saturated rings. The van der Waals surface area contributed by atoms with Gasteiger partial charge in [-0.3, -0.25) is 19.2 Å². The minimum absolute atomic E-state index is 0.0264. The van der Waals surface area contributed by atoms with Gasteiger partial charge in [0.25, 0.3) is 5.91 Å². The van der Waals surface area contributed by atoms with Gasteiger partial charge in [-0.15, -0.1) is 0 Å². The second-order valence-corrected chi connectivity index (χ2v) is 8.22. The summed E-state index contributed by atoms with van der Waals surface area (Å²) < 4.78 is 5.14. The molecule has 1 saturated heterocycles. The number of aryl methyl sites for hydroxylation is 1. The molecule has 3 amide bonds. The summed E-state index contributed by atoms with van der Waals surface area (Å²) in [6, 6.07) is 14.4. The highest BCUT2D eigenvalue weighted by Gasteiger charge is 2.36. The zero-order chi connectivity index (χ0) is 24.0. The Hall–Kier alpha value is -3.39. The second kappa shape index (κ2) is 11.0. The third kappa shape index (κ3) is 6.32. The molecule has 1 heterocycles. The first-order valence-corrected chi connectivity index (χ1v) is 11.0. The van der Waals surface area contributed by atoms with E-state index in [2.05, 4.69) is 5.32 Å². The van der Waals surface area contributed by atoms with Crippen LogP contribution in [0.4, 0.5) is 11.4 Å². The summed E-state index contributed by atoms with van der Waals surface area (Å²) in [5.41, 5.74) is 2.33. The molecule has 0 aromatic heterocycles. The summed E-state index contributed by atoms with van der Waals surface area (Å²) in [5.74, 6) is -2.39. The monoisotopic (exact) mass is 471 g/mol. The van der Waals surface area contributed by atoms with Crippen LogP contribution in [-0.2, 0) is 30.3 Å². The van der Waals surface area contributed by atoms with E-state index < -0.39 is 30.3 Å². The third-order valence-electron chi connectivity index (χ3n) is 5.41. The van der Waals surface area contributed by atoms with Crippen molar-refractivity contribution in [1.29, 1.82) is 0 Å². The maximum Gasteiger partial charge on any atom is 0.311 e. The van der Waals surface area contributed by atoms with Crippen molar-refractivity contribution >= 4 is 46.7 Å². The number of rotatable bonds is 8. The van der Waals surface area contributed by atoms with E-state index in [0.717, 1.165) is 22.6 Å². The highest BCUT2D eigenvalue weighted by molar-refractivity contribution is 6.33. The summed E-state index contributed by atoms with van der Waals surface area (Å²) in [5, 5.41) is 3.01. The number of carbonyl (C=O) groups excluding carboxylic acids is 4. The van der Waals surface area contributed by atoms with Crippen LogP contribution in [0.1, 0.15) is 18.9 Å². The van der Waals surface area contributed by atoms with Crippen LogP contribution in [0.3, 0.4) is 0 Å². The largest absolute Gasteiger partial charge is 0.455 e. The number of esters is 1. The molecule has 0 bridgehead atoms. The van der Waals surface area contributed by atoms with E-state index in [1.54, 1.807) is 29.2 Å². The fourth-order valence-electron chi connectivity index (χ4n) is 3.44. The molecule has 1 aliphatic heterocycles. The SMILES string of the molecule is CCc1ccc(N2CC(C(=O)OCC(=O)N(C)CC(=O)Nc3ccccc3Cl)CC2=O)cc1. The summed E-state index contributed by atoms with van der Waals surface area (Å²) in [4.78, 5) is 52.0. The molecular weight excluding hydrogens is 446 g/mol. The molecule has 3 rings (SSSR count). The summed E-state index contributed by atoms with van der Waals surface area (Å²) in [6.07, 6.45) is 0.923. The first-order valence-electron chi connectivity index (χ1n) is 10.6. The van der Waals surface area contributed by atoms with E-state index in [0.29, 0.717) is 10.7 Å². The average molecular weight is 472 g/mol. The van der Waals surface area contributed by atoms with Crippen molar-refractivity contribution < 1.29 is 23.9 Å². The predicted molar refractivity (Wildman–Crippen MR) is 125 cm³/mol. The van der Waals surface area contributed by atoms with Crippen molar-refractivity contribution in [2.24, 2.45) is 5.92 Å². The number of nitrogens with one attached hydrogen (secondary N) is 1. The van der Waals surface area contributed by atoms with Crippen LogP contribution in [0.15, 0.2) is 48.5 Å². The van der Waals surface area contributed by atoms with Crippen molar-refractivity contribution in [2.45, 2.75) is 19.8 Å². The van der Waals surface area contributed by atoms with Gasteiger partial charge in [-0.05, 0) is 36.2 Å². The Bertz CT molecular complexity index is 1040. The van der Waals surface area contributed by atoms with Gasteiger partial charge >= 0.3 is 5.97 Å². The molecule has 9 heteroatoms. The number of hydrogen-bond acceptors (Lipinski definition) is 5. The molecule has 0 spiro atoms. The Kier molecular flexibility index (Phi) is 8.06. The summed E-state index contributed by atoms with van der Waals surface area (Å²) in [7, 11) is 1.43. The van der Waals surface area contributed by atoms with Crippen LogP contribution in [0, 0.1) is 5.92 Å². The number of nitrogens with zero attached hydrogens (tertiary/aromatic N) is 2. The first-order chi connectivity index (χ1) is 15.8. The number of hydrogen-bond donors (Lipinski definition) is 1. The molecule has 0 aliphatic carbocycles. The van der Waals surface area contributed by atoms with Crippen molar-refractivity contribution in [2.75, 3.05) is 37.0 Å². The fraction of sp³-hybridized carbons (Fsp3) is 0.333. The minimum atomic E-state index is -0.648. The molecule has 2 aromatic carbocycles. The molecule has 33 heavy (non-hydrogen) atoms. The number of likely N-dealkylation sites (N-methyl/N-ethyl adjacent to an activating group) is 1. The van der Waals surface area contributed by atoms with Gasteiger partial charge in [-0.25, -0.2) is 0 Å². The Labute approximate surface area is 197 Å². The summed E-state index contributed by atoms with van der Waals surface area (Å²) >= 11 is 6.01. The molecule has 1 N–H and O–H groups in total. The zero-order valence-electron chi connectivity index (χ0n) is 18.5. The molecular formula is C24H26ClN3O5. The smallest absolute Gasteiger partial charge is 0.311 e. The molecule has 0 saturated carbocycles. The molecule has 2 aromatic rings. The lowest BCUT2D eigenvalue weighted by Gasteiger charge is -2.18. The lowest BCUT2D eigenvalue weighted by atomic mass is 10.1. The number of para-hydroxylation sites is 1. The molecule has 8 nitrogen and oxygen atoms in total. The van der Waals surface area contributed by atoms with E-state index >= 15 is 0 Å². The zero-order valence-corrected chi connectivity index (χ0v) is 19.3. The van der Waals surface area contributed by atoms with E-state index in [4.69, 9.17) is 16.3 Å². The normalized spacial score (nSPS) is 15.3. The quantitative estimate of drug-likeness (QED) is 0.597. The fourth-order valence-corrected chi connectivity index (χ4v) is 3.63. The van der Waals surface area contributed by atoms with Crippen LogP contribution in [0.25, 0.3) is 0 Å². The second-order valence-electron chi connectivity index (χ2n) is 7.81. The van der Waals surface area contributed by atoms with Gasteiger partial charge < -0.3 is 19.9 Å². The van der Waals surface area contributed by atoms with Gasteiger partial charge in [0.15, 0.2) is 6.61 Å². The molecule has 1 atom stereocenters. The van der Waals surface area contributed by atoms with Gasteiger partial charge in [0.1, 0.15) is 0 Å². The summed E-state index contributed by atoms with van der Waals surface area (Å²) in [6.45, 7) is 1.51. The number of ether oxygens (including phenoxy) is 1. The minimum Gasteiger partial charge on any atom is -0.455 e. The maximum absolute atomic E-state index is 12.4. The van der Waals surface area contributed by atoms with Crippen molar-refractivity contribution in [3.63, 3.8) is 0 Å². The van der Waals surface area contributed by atoms with Crippen LogP contribution in [0.5, 0.6) is 0 Å². The lowest BCUT2D eigenvalue weighted by Crippen LogP contribution is -2.38. The van der Waals surface area contributed by atoms with Crippen LogP contribution >= 0.6 is 11.6 Å². The number of benzene rings is 2. The molecule has 0 radical (unpaired) electrons. The van der Waals surface area contributed by atoms with Crippen LogP contribution < -0.4 is 10.2 Å². The predicted octanol–water partition coefficient (Wildman–Crippen LogP) is 2.90. The first kappa shape index (κ1) is 24.3. The van der Waals surface area contributed by atoms with Gasteiger partial charge in [-0.2, -0.15) is 0 Å². The van der Waals surface area contributed by atoms with Gasteiger partial charge in [-0.1, -0.05) is 42.8 Å². The highest BCUT2D eigenvalue weighted by atomic mass is 35.5.